The third-order valence-corrected chi connectivity index (χ3v) is 4.08. The van der Waals surface area contributed by atoms with E-state index in [0.29, 0.717) is 18.7 Å². The number of nitrogens with one attached hydrogen (secondary N) is 1. The second-order valence-electron chi connectivity index (χ2n) is 5.78. The number of rotatable bonds is 7. The molecule has 3 rings (SSSR count). The van der Waals surface area contributed by atoms with Gasteiger partial charge in [-0.05, 0) is 48.4 Å². The highest BCUT2D eigenvalue weighted by Crippen LogP contribution is 2.13. The highest BCUT2D eigenvalue weighted by molar-refractivity contribution is 6.42. The summed E-state index contributed by atoms with van der Waals surface area (Å²) in [6.07, 6.45) is 2.41. The van der Waals surface area contributed by atoms with Gasteiger partial charge in [-0.3, -0.25) is 9.59 Å². The molecule has 0 saturated heterocycles. The van der Waals surface area contributed by atoms with Gasteiger partial charge in [0.15, 0.2) is 0 Å². The minimum Gasteiger partial charge on any atom is -0.497 e. The first-order valence-electron chi connectivity index (χ1n) is 8.37. The lowest BCUT2D eigenvalue weighted by Crippen LogP contribution is -2.33. The Hall–Kier alpha value is -3.34. The van der Waals surface area contributed by atoms with Gasteiger partial charge in [-0.25, -0.2) is 0 Å². The van der Waals surface area contributed by atoms with Crippen LogP contribution in [0.1, 0.15) is 16.1 Å². The molecule has 0 atom stereocenters. The van der Waals surface area contributed by atoms with Crippen LogP contribution in [-0.2, 0) is 11.2 Å². The highest BCUT2D eigenvalue weighted by Gasteiger charge is 2.19. The van der Waals surface area contributed by atoms with E-state index in [2.05, 4.69) is 5.32 Å². The number of Topliss-reactive ketones (excluding diaryl/α,β-unsaturated/α-hetero) is 1. The minimum atomic E-state index is -0.602. The van der Waals surface area contributed by atoms with Crippen LogP contribution in [0.4, 0.5) is 0 Å². The van der Waals surface area contributed by atoms with Gasteiger partial charge < -0.3 is 14.6 Å². The molecule has 0 aliphatic heterocycles. The molecular weight excluding hydrogens is 328 g/mol. The van der Waals surface area contributed by atoms with Gasteiger partial charge in [0.25, 0.3) is 11.7 Å². The summed E-state index contributed by atoms with van der Waals surface area (Å²) in [5.41, 5.74) is 2.25. The average molecular weight is 348 g/mol. The van der Waals surface area contributed by atoms with Crippen molar-refractivity contribution in [2.45, 2.75) is 6.42 Å². The van der Waals surface area contributed by atoms with Gasteiger partial charge in [-0.2, -0.15) is 0 Å². The predicted molar refractivity (Wildman–Crippen MR) is 99.8 cm³/mol. The number of carbonyl (C=O) groups excluding carboxylic acids is 2. The normalized spacial score (nSPS) is 10.3. The molecule has 1 heterocycles. The van der Waals surface area contributed by atoms with E-state index in [-0.39, 0.29) is 0 Å². The molecule has 0 saturated carbocycles. The number of amides is 1. The van der Waals surface area contributed by atoms with Crippen molar-refractivity contribution in [1.29, 1.82) is 0 Å². The maximum Gasteiger partial charge on any atom is 0.294 e. The van der Waals surface area contributed by atoms with Gasteiger partial charge in [-0.1, -0.05) is 30.3 Å². The molecule has 26 heavy (non-hydrogen) atoms. The molecule has 1 N–H and O–H groups in total. The summed E-state index contributed by atoms with van der Waals surface area (Å²) in [6.45, 7) is 0.392. The van der Waals surface area contributed by atoms with Gasteiger partial charge in [0.05, 0.1) is 12.8 Å². The molecule has 2 aromatic carbocycles. The molecule has 0 aliphatic carbocycles. The lowest BCUT2D eigenvalue weighted by atomic mass is 10.1. The van der Waals surface area contributed by atoms with E-state index in [1.54, 1.807) is 30.0 Å². The molecule has 0 radical (unpaired) electrons. The molecule has 0 aliphatic rings. The summed E-state index contributed by atoms with van der Waals surface area (Å²) in [7, 11) is 1.62. The van der Waals surface area contributed by atoms with Gasteiger partial charge in [0.1, 0.15) is 5.75 Å². The number of ether oxygens (including phenoxy) is 1. The van der Waals surface area contributed by atoms with Crippen molar-refractivity contribution in [2.24, 2.45) is 0 Å². The van der Waals surface area contributed by atoms with E-state index < -0.39 is 11.7 Å². The van der Waals surface area contributed by atoms with Crippen molar-refractivity contribution in [3.8, 4) is 11.4 Å². The zero-order valence-electron chi connectivity index (χ0n) is 14.5. The molecule has 1 amide bonds. The van der Waals surface area contributed by atoms with E-state index >= 15 is 0 Å². The Morgan fingerprint density at radius 3 is 2.38 bits per heavy atom. The monoisotopic (exact) mass is 348 g/mol. The first kappa shape index (κ1) is 17.5. The summed E-state index contributed by atoms with van der Waals surface area (Å²) < 4.78 is 6.83. The fraction of sp³-hybridized carbons (Fsp3) is 0.143. The Kier molecular flexibility index (Phi) is 5.49. The van der Waals surface area contributed by atoms with Crippen LogP contribution in [0.25, 0.3) is 5.69 Å². The Balaban J connectivity index is 1.60. The molecule has 132 valence electrons. The fourth-order valence-corrected chi connectivity index (χ4v) is 2.69. The summed E-state index contributed by atoms with van der Waals surface area (Å²) in [4.78, 5) is 24.7. The smallest absolute Gasteiger partial charge is 0.294 e. The zero-order valence-corrected chi connectivity index (χ0v) is 14.5. The van der Waals surface area contributed by atoms with E-state index in [9.17, 15) is 9.59 Å². The van der Waals surface area contributed by atoms with Crippen LogP contribution in [0.3, 0.4) is 0 Å². The molecule has 0 bridgehead atoms. The first-order valence-corrected chi connectivity index (χ1v) is 8.37. The third kappa shape index (κ3) is 4.00. The third-order valence-electron chi connectivity index (χ3n) is 4.08. The Morgan fingerprint density at radius 2 is 1.69 bits per heavy atom. The molecular formula is C21H20N2O3. The van der Waals surface area contributed by atoms with Gasteiger partial charge in [-0.15, -0.1) is 0 Å². The molecule has 0 fully saturated rings. The minimum absolute atomic E-state index is 0.346. The number of hydrogen-bond acceptors (Lipinski definition) is 3. The molecule has 5 heteroatoms. The van der Waals surface area contributed by atoms with Crippen molar-refractivity contribution in [3.05, 3.63) is 84.2 Å². The van der Waals surface area contributed by atoms with Crippen molar-refractivity contribution < 1.29 is 14.3 Å². The fourth-order valence-electron chi connectivity index (χ4n) is 2.69. The quantitative estimate of drug-likeness (QED) is 0.527. The summed E-state index contributed by atoms with van der Waals surface area (Å²) in [5.74, 6) is -0.363. The number of hydrogen-bond donors (Lipinski definition) is 1. The number of carbonyl (C=O) groups is 2. The standard InChI is InChI=1S/C21H20N2O3/c1-26-18-11-9-16(10-12-18)13-14-22-21(25)20(24)19-8-5-15-23(19)17-6-3-2-4-7-17/h2-12,15H,13-14H2,1H3,(H,22,25). The van der Waals surface area contributed by atoms with E-state index in [1.165, 1.54) is 0 Å². The largest absolute Gasteiger partial charge is 0.497 e. The molecule has 0 spiro atoms. The van der Waals surface area contributed by atoms with Crippen LogP contribution in [0.5, 0.6) is 5.75 Å². The number of aromatic nitrogens is 1. The van der Waals surface area contributed by atoms with Crippen LogP contribution < -0.4 is 10.1 Å². The van der Waals surface area contributed by atoms with Crippen molar-refractivity contribution >= 4 is 11.7 Å². The van der Waals surface area contributed by atoms with Gasteiger partial charge in [0.2, 0.25) is 0 Å². The van der Waals surface area contributed by atoms with Crippen molar-refractivity contribution in [1.82, 2.24) is 9.88 Å². The topological polar surface area (TPSA) is 60.3 Å². The summed E-state index contributed by atoms with van der Waals surface area (Å²) in [6, 6.07) is 20.5. The first-order chi connectivity index (χ1) is 12.7. The van der Waals surface area contributed by atoms with Crippen LogP contribution >= 0.6 is 0 Å². The van der Waals surface area contributed by atoms with Crippen molar-refractivity contribution in [3.63, 3.8) is 0 Å². The Labute approximate surface area is 152 Å². The predicted octanol–water partition coefficient (Wildman–Crippen LogP) is 3.03. The highest BCUT2D eigenvalue weighted by atomic mass is 16.5. The number of methoxy groups -OCH3 is 1. The van der Waals surface area contributed by atoms with Gasteiger partial charge >= 0.3 is 0 Å². The second-order valence-corrected chi connectivity index (χ2v) is 5.78. The molecule has 3 aromatic rings. The summed E-state index contributed by atoms with van der Waals surface area (Å²) in [5, 5.41) is 2.69. The van der Waals surface area contributed by atoms with Crippen LogP contribution in [0.2, 0.25) is 0 Å². The van der Waals surface area contributed by atoms with Crippen molar-refractivity contribution in [2.75, 3.05) is 13.7 Å². The molecule has 0 unspecified atom stereocenters. The van der Waals surface area contributed by atoms with E-state index in [1.807, 2.05) is 54.6 Å². The maximum atomic E-state index is 12.5. The van der Waals surface area contributed by atoms with Crippen LogP contribution in [-0.4, -0.2) is 29.9 Å². The molecule has 5 nitrogen and oxygen atoms in total. The maximum absolute atomic E-state index is 12.5. The van der Waals surface area contributed by atoms with E-state index in [0.717, 1.165) is 17.0 Å². The SMILES string of the molecule is COc1ccc(CCNC(=O)C(=O)c2cccn2-c2ccccc2)cc1. The number of ketones is 1. The Bertz CT molecular complexity index is 883. The van der Waals surface area contributed by atoms with Crippen LogP contribution in [0.15, 0.2) is 72.9 Å². The lowest BCUT2D eigenvalue weighted by molar-refractivity contribution is -0.117. The van der Waals surface area contributed by atoms with E-state index in [4.69, 9.17) is 4.74 Å². The average Bonchev–Trinajstić information content (AvgIpc) is 3.18. The Morgan fingerprint density at radius 1 is 0.962 bits per heavy atom. The van der Waals surface area contributed by atoms with Gasteiger partial charge in [0, 0.05) is 18.4 Å². The number of para-hydroxylation sites is 1. The second kappa shape index (κ2) is 8.16. The number of nitrogens with zero attached hydrogens (tertiary/aromatic N) is 1. The zero-order chi connectivity index (χ0) is 18.4. The molecule has 1 aromatic heterocycles. The summed E-state index contributed by atoms with van der Waals surface area (Å²) >= 11 is 0. The number of benzene rings is 2. The lowest BCUT2D eigenvalue weighted by Gasteiger charge is -2.09. The van der Waals surface area contributed by atoms with Crippen LogP contribution in [0, 0.1) is 0 Å².